The zero-order chi connectivity index (χ0) is 16.4. The molecule has 21 heavy (non-hydrogen) atoms. The maximum Gasteiger partial charge on any atom is 0.418 e. The van der Waals surface area contributed by atoms with Gasteiger partial charge in [0, 0.05) is 0 Å². The topological polar surface area (TPSA) is 78.9 Å². The number of anilines is 1. The number of amides is 1. The van der Waals surface area contributed by atoms with Gasteiger partial charge in [-0.2, -0.15) is 18.4 Å². The molecule has 3 N–H and O–H groups in total. The number of rotatable bonds is 2. The van der Waals surface area contributed by atoms with Gasteiger partial charge in [0.15, 0.2) is 0 Å². The summed E-state index contributed by atoms with van der Waals surface area (Å²) in [6.07, 6.45) is -4.68. The van der Waals surface area contributed by atoms with Gasteiger partial charge in [0.1, 0.15) is 0 Å². The van der Waals surface area contributed by atoms with Crippen LogP contribution < -0.4 is 11.1 Å². The summed E-state index contributed by atoms with van der Waals surface area (Å²) < 4.78 is 38.9. The summed E-state index contributed by atoms with van der Waals surface area (Å²) in [5.41, 5.74) is 3.50. The fourth-order valence-electron chi connectivity index (χ4n) is 1.56. The monoisotopic (exact) mass is 299 g/mol. The van der Waals surface area contributed by atoms with Gasteiger partial charge in [0.2, 0.25) is 5.91 Å². The second kappa shape index (κ2) is 5.74. The fraction of sp³-hybridized carbons (Fsp3) is 0.429. The Balaban J connectivity index is 3.15. The van der Waals surface area contributed by atoms with E-state index in [0.717, 1.165) is 6.07 Å². The Morgan fingerprint density at radius 1 is 1.33 bits per heavy atom. The van der Waals surface area contributed by atoms with Crippen molar-refractivity contribution in [1.82, 2.24) is 0 Å². The first-order chi connectivity index (χ1) is 9.46. The van der Waals surface area contributed by atoms with Crippen molar-refractivity contribution < 1.29 is 18.0 Å². The first-order valence-electron chi connectivity index (χ1n) is 6.14. The van der Waals surface area contributed by atoms with Crippen molar-refractivity contribution in [1.29, 1.82) is 5.26 Å². The molecule has 0 saturated heterocycles. The molecule has 0 heterocycles. The van der Waals surface area contributed by atoms with Crippen molar-refractivity contribution in [2.75, 3.05) is 5.32 Å². The van der Waals surface area contributed by atoms with Crippen molar-refractivity contribution in [3.05, 3.63) is 29.3 Å². The van der Waals surface area contributed by atoms with E-state index in [4.69, 9.17) is 11.0 Å². The van der Waals surface area contributed by atoms with Gasteiger partial charge >= 0.3 is 6.18 Å². The summed E-state index contributed by atoms with van der Waals surface area (Å²) in [6, 6.07) is 3.61. The van der Waals surface area contributed by atoms with E-state index in [1.165, 1.54) is 6.07 Å². The van der Waals surface area contributed by atoms with E-state index >= 15 is 0 Å². The number of carbonyl (C=O) groups excluding carboxylic acids is 1. The highest BCUT2D eigenvalue weighted by Crippen LogP contribution is 2.35. The molecule has 1 atom stereocenters. The first-order valence-corrected chi connectivity index (χ1v) is 6.14. The van der Waals surface area contributed by atoms with Crippen LogP contribution in [0.25, 0.3) is 0 Å². The second-order valence-electron chi connectivity index (χ2n) is 5.70. The summed E-state index contributed by atoms with van der Waals surface area (Å²) in [4.78, 5) is 11.9. The molecule has 1 unspecified atom stereocenters. The zero-order valence-corrected chi connectivity index (χ0v) is 11.9. The molecule has 0 aliphatic carbocycles. The van der Waals surface area contributed by atoms with Crippen LogP contribution in [-0.2, 0) is 11.0 Å². The normalized spacial score (nSPS) is 13.4. The maximum atomic E-state index is 13.0. The molecule has 0 aliphatic rings. The maximum absolute atomic E-state index is 13.0. The van der Waals surface area contributed by atoms with Crippen LogP contribution in [0.2, 0.25) is 0 Å². The van der Waals surface area contributed by atoms with Gasteiger partial charge in [0.05, 0.1) is 28.9 Å². The molecule has 4 nitrogen and oxygen atoms in total. The lowest BCUT2D eigenvalue weighted by Crippen LogP contribution is -2.45. The zero-order valence-electron chi connectivity index (χ0n) is 11.9. The second-order valence-corrected chi connectivity index (χ2v) is 5.70. The van der Waals surface area contributed by atoms with Crippen molar-refractivity contribution in [2.24, 2.45) is 11.1 Å². The number of nitrogens with two attached hydrogens (primary N) is 1. The predicted molar refractivity (Wildman–Crippen MR) is 72.2 cm³/mol. The minimum atomic E-state index is -4.68. The first kappa shape index (κ1) is 17.0. The van der Waals surface area contributed by atoms with Crippen molar-refractivity contribution in [2.45, 2.75) is 33.0 Å². The minimum absolute atomic E-state index is 0.138. The number of hydrogen-bond acceptors (Lipinski definition) is 3. The summed E-state index contributed by atoms with van der Waals surface area (Å²) in [6.45, 7) is 5.13. The largest absolute Gasteiger partial charge is 0.418 e. The van der Waals surface area contributed by atoms with Crippen LogP contribution in [0, 0.1) is 16.7 Å². The van der Waals surface area contributed by atoms with Gasteiger partial charge in [-0.15, -0.1) is 0 Å². The lowest BCUT2D eigenvalue weighted by Gasteiger charge is -2.26. The van der Waals surface area contributed by atoms with Crippen LogP contribution in [0.5, 0.6) is 0 Å². The van der Waals surface area contributed by atoms with Gasteiger partial charge in [-0.05, 0) is 23.6 Å². The number of carbonyl (C=O) groups is 1. The Morgan fingerprint density at radius 3 is 2.33 bits per heavy atom. The van der Waals surface area contributed by atoms with Gasteiger partial charge in [0.25, 0.3) is 0 Å². The molecule has 1 aromatic carbocycles. The Bertz CT molecular complexity index is 583. The molecule has 7 heteroatoms. The third kappa shape index (κ3) is 4.20. The highest BCUT2D eigenvalue weighted by Gasteiger charge is 2.35. The van der Waals surface area contributed by atoms with Crippen molar-refractivity contribution in [3.63, 3.8) is 0 Å². The number of nitrogens with zero attached hydrogens (tertiary/aromatic N) is 1. The van der Waals surface area contributed by atoms with Crippen molar-refractivity contribution in [3.8, 4) is 6.07 Å². The Morgan fingerprint density at radius 2 is 1.90 bits per heavy atom. The van der Waals surface area contributed by atoms with Crippen LogP contribution in [0.15, 0.2) is 18.2 Å². The SMILES string of the molecule is CC(C)(C)C(N)C(=O)Nc1ccc(C#N)cc1C(F)(F)F. The van der Waals surface area contributed by atoms with Gasteiger partial charge in [-0.25, -0.2) is 0 Å². The van der Waals surface area contributed by atoms with E-state index < -0.39 is 34.8 Å². The van der Waals surface area contributed by atoms with E-state index in [2.05, 4.69) is 5.32 Å². The molecular weight excluding hydrogens is 283 g/mol. The van der Waals surface area contributed by atoms with Crippen LogP contribution in [0.3, 0.4) is 0 Å². The Hall–Kier alpha value is -2.07. The van der Waals surface area contributed by atoms with Crippen LogP contribution >= 0.6 is 0 Å². The number of benzene rings is 1. The molecule has 114 valence electrons. The molecule has 0 aromatic heterocycles. The Labute approximate surface area is 120 Å². The molecule has 0 bridgehead atoms. The number of hydrogen-bond donors (Lipinski definition) is 2. The van der Waals surface area contributed by atoms with E-state index in [-0.39, 0.29) is 5.56 Å². The van der Waals surface area contributed by atoms with E-state index in [9.17, 15) is 18.0 Å². The smallest absolute Gasteiger partial charge is 0.324 e. The van der Waals surface area contributed by atoms with E-state index in [0.29, 0.717) is 6.07 Å². The molecule has 0 saturated carbocycles. The summed E-state index contributed by atoms with van der Waals surface area (Å²) in [5.74, 6) is -0.710. The molecule has 1 aromatic rings. The molecule has 0 fully saturated rings. The molecule has 0 radical (unpaired) electrons. The fourth-order valence-corrected chi connectivity index (χ4v) is 1.56. The Kier molecular flexibility index (Phi) is 4.64. The average Bonchev–Trinajstić information content (AvgIpc) is 2.35. The quantitative estimate of drug-likeness (QED) is 0.881. The lowest BCUT2D eigenvalue weighted by atomic mass is 9.87. The average molecular weight is 299 g/mol. The summed E-state index contributed by atoms with van der Waals surface area (Å²) in [7, 11) is 0. The minimum Gasteiger partial charge on any atom is -0.324 e. The highest BCUT2D eigenvalue weighted by molar-refractivity contribution is 5.96. The number of alkyl halides is 3. The van der Waals surface area contributed by atoms with Crippen molar-refractivity contribution >= 4 is 11.6 Å². The predicted octanol–water partition coefficient (Wildman–Crippen LogP) is 2.89. The number of halogens is 3. The number of nitrogens with one attached hydrogen (secondary N) is 1. The van der Waals surface area contributed by atoms with Crippen LogP contribution in [0.4, 0.5) is 18.9 Å². The highest BCUT2D eigenvalue weighted by atomic mass is 19.4. The van der Waals surface area contributed by atoms with E-state index in [1.54, 1.807) is 26.8 Å². The van der Waals surface area contributed by atoms with Crippen LogP contribution in [0.1, 0.15) is 31.9 Å². The van der Waals surface area contributed by atoms with Gasteiger partial charge in [-0.3, -0.25) is 4.79 Å². The lowest BCUT2D eigenvalue weighted by molar-refractivity contribution is -0.137. The third-order valence-corrected chi connectivity index (χ3v) is 2.93. The standard InChI is InChI=1S/C14H16F3N3O/c1-13(2,3)11(19)12(21)20-10-5-4-8(7-18)6-9(10)14(15,16)17/h4-6,11H,19H2,1-3H3,(H,20,21). The van der Waals surface area contributed by atoms with Gasteiger partial charge in [-0.1, -0.05) is 20.8 Å². The molecular formula is C14H16F3N3O. The number of nitriles is 1. The van der Waals surface area contributed by atoms with Crippen LogP contribution in [-0.4, -0.2) is 11.9 Å². The summed E-state index contributed by atoms with van der Waals surface area (Å²) in [5, 5.41) is 10.9. The molecule has 0 spiro atoms. The van der Waals surface area contributed by atoms with Gasteiger partial charge < -0.3 is 11.1 Å². The third-order valence-electron chi connectivity index (χ3n) is 2.93. The molecule has 1 amide bonds. The van der Waals surface area contributed by atoms with E-state index in [1.807, 2.05) is 0 Å². The molecule has 1 rings (SSSR count). The summed E-state index contributed by atoms with van der Waals surface area (Å²) >= 11 is 0. The molecule has 0 aliphatic heterocycles.